The van der Waals surface area contributed by atoms with Crippen LogP contribution in [-0.4, -0.2) is 30.2 Å². The van der Waals surface area contributed by atoms with Crippen LogP contribution in [-0.2, 0) is 6.42 Å². The lowest BCUT2D eigenvalue weighted by Gasteiger charge is -2.11. The maximum absolute atomic E-state index is 6.23. The number of para-hydroxylation sites is 1. The van der Waals surface area contributed by atoms with Crippen LogP contribution in [0.15, 0.2) is 108 Å². The summed E-state index contributed by atoms with van der Waals surface area (Å²) < 4.78 is 13.0. The van der Waals surface area contributed by atoms with E-state index in [1.807, 2.05) is 102 Å². The van der Waals surface area contributed by atoms with Crippen LogP contribution in [0.3, 0.4) is 0 Å². The molecule has 0 atom stereocenters. The predicted octanol–water partition coefficient (Wildman–Crippen LogP) is 7.55. The van der Waals surface area contributed by atoms with Crippen LogP contribution < -0.4 is 9.47 Å². The molecule has 0 unspecified atom stereocenters. The lowest BCUT2D eigenvalue weighted by atomic mass is 10.00. The summed E-state index contributed by atoms with van der Waals surface area (Å²) in [5.41, 5.74) is 5.74. The van der Waals surface area contributed by atoms with Crippen molar-refractivity contribution in [3.63, 3.8) is 0 Å². The van der Waals surface area contributed by atoms with Crippen LogP contribution in [0.25, 0.3) is 16.8 Å². The van der Waals surface area contributed by atoms with Crippen LogP contribution in [0.1, 0.15) is 16.8 Å². The molecule has 0 aliphatic carbocycles. The molecule has 1 heterocycles. The van der Waals surface area contributed by atoms with Gasteiger partial charge in [0.2, 0.25) is 0 Å². The summed E-state index contributed by atoms with van der Waals surface area (Å²) in [7, 11) is 3.27. The van der Waals surface area contributed by atoms with Crippen molar-refractivity contribution >= 4 is 23.6 Å². The zero-order valence-corrected chi connectivity index (χ0v) is 21.4. The van der Waals surface area contributed by atoms with Gasteiger partial charge in [0.1, 0.15) is 0 Å². The van der Waals surface area contributed by atoms with E-state index in [1.165, 1.54) is 0 Å². The first kappa shape index (κ1) is 24.3. The Kier molecular flexibility index (Phi) is 7.33. The van der Waals surface area contributed by atoms with Gasteiger partial charge in [-0.15, -0.1) is 0 Å². The van der Waals surface area contributed by atoms with E-state index in [0.29, 0.717) is 28.8 Å². The van der Waals surface area contributed by atoms with E-state index in [4.69, 9.17) is 31.2 Å². The van der Waals surface area contributed by atoms with Crippen LogP contribution >= 0.6 is 11.6 Å². The summed E-state index contributed by atoms with van der Waals surface area (Å²) >= 11 is 6.23. The first-order valence-electron chi connectivity index (χ1n) is 11.9. The molecule has 0 N–H and O–H groups in total. The number of hydrogen-bond donors (Lipinski definition) is 0. The van der Waals surface area contributed by atoms with E-state index in [-0.39, 0.29) is 0 Å². The van der Waals surface area contributed by atoms with Gasteiger partial charge in [0.05, 0.1) is 31.2 Å². The molecule has 0 radical (unpaired) electrons. The summed E-state index contributed by atoms with van der Waals surface area (Å²) in [4.78, 5) is 4.98. The fraction of sp³-hybridized carbons (Fsp3) is 0.0968. The molecule has 37 heavy (non-hydrogen) atoms. The fourth-order valence-corrected chi connectivity index (χ4v) is 4.44. The number of halogens is 1. The number of methoxy groups -OCH3 is 2. The van der Waals surface area contributed by atoms with Crippen LogP contribution in [0.2, 0.25) is 5.02 Å². The number of nitrogens with zero attached hydrogens (tertiary/aromatic N) is 3. The highest BCUT2D eigenvalue weighted by Gasteiger charge is 2.22. The molecule has 5 rings (SSSR count). The largest absolute Gasteiger partial charge is 0.493 e. The Morgan fingerprint density at radius 1 is 0.811 bits per heavy atom. The number of aromatic nitrogens is 2. The zero-order chi connectivity index (χ0) is 25.6. The molecule has 6 heteroatoms. The third-order valence-electron chi connectivity index (χ3n) is 6.01. The van der Waals surface area contributed by atoms with E-state index in [2.05, 4.69) is 12.1 Å². The van der Waals surface area contributed by atoms with Gasteiger partial charge in [-0.25, -0.2) is 9.67 Å². The molecule has 0 saturated carbocycles. The third kappa shape index (κ3) is 5.42. The molecule has 0 amide bonds. The second kappa shape index (κ2) is 11.1. The Morgan fingerprint density at radius 2 is 1.54 bits per heavy atom. The minimum atomic E-state index is 0.642. The highest BCUT2D eigenvalue weighted by atomic mass is 35.5. The Morgan fingerprint density at radius 3 is 2.24 bits per heavy atom. The van der Waals surface area contributed by atoms with Crippen LogP contribution in [0.5, 0.6) is 11.5 Å². The van der Waals surface area contributed by atoms with E-state index in [9.17, 15) is 0 Å². The lowest BCUT2D eigenvalue weighted by molar-refractivity contribution is 0.355. The van der Waals surface area contributed by atoms with Crippen molar-refractivity contribution in [2.75, 3.05) is 14.2 Å². The van der Waals surface area contributed by atoms with Gasteiger partial charge >= 0.3 is 0 Å². The molecule has 4 aromatic carbocycles. The maximum Gasteiger partial charge on any atom is 0.163 e. The minimum Gasteiger partial charge on any atom is -0.493 e. The van der Waals surface area contributed by atoms with Crippen molar-refractivity contribution in [1.29, 1.82) is 0 Å². The average molecular weight is 508 g/mol. The van der Waals surface area contributed by atoms with Gasteiger partial charge in [-0.05, 0) is 53.1 Å². The number of benzene rings is 4. The van der Waals surface area contributed by atoms with E-state index >= 15 is 0 Å². The number of ether oxygens (including phenoxy) is 2. The van der Waals surface area contributed by atoms with E-state index in [0.717, 1.165) is 33.6 Å². The van der Waals surface area contributed by atoms with Crippen molar-refractivity contribution < 1.29 is 9.47 Å². The molecule has 5 nitrogen and oxygen atoms in total. The van der Waals surface area contributed by atoms with Crippen molar-refractivity contribution in [2.45, 2.75) is 6.42 Å². The molecular weight excluding hydrogens is 482 g/mol. The second-order valence-corrected chi connectivity index (χ2v) is 8.87. The third-order valence-corrected chi connectivity index (χ3v) is 6.24. The Balaban J connectivity index is 1.75. The monoisotopic (exact) mass is 507 g/mol. The Labute approximate surface area is 221 Å². The number of rotatable bonds is 8. The van der Waals surface area contributed by atoms with E-state index < -0.39 is 0 Å². The van der Waals surface area contributed by atoms with Gasteiger partial charge in [-0.3, -0.25) is 0 Å². The predicted molar refractivity (Wildman–Crippen MR) is 150 cm³/mol. The van der Waals surface area contributed by atoms with Crippen molar-refractivity contribution in [3.05, 3.63) is 125 Å². The second-order valence-electron chi connectivity index (χ2n) is 8.44. The standard InChI is InChI=1S/C31H26ClN3O2/c1-36-28-17-16-24(20-29(28)37-2)30-27(19-22-10-5-3-6-11-22)34-35(26-14-7-4-8-15-26)31(30)33-21-23-12-9-13-25(32)18-23/h3-18,20-21H,19H2,1-2H3/b33-21+. The molecule has 0 spiro atoms. The van der Waals surface area contributed by atoms with Crippen molar-refractivity contribution in [2.24, 2.45) is 4.99 Å². The lowest BCUT2D eigenvalue weighted by Crippen LogP contribution is -1.97. The topological polar surface area (TPSA) is 48.6 Å². The fourth-order valence-electron chi connectivity index (χ4n) is 4.24. The molecule has 1 aromatic heterocycles. The normalized spacial score (nSPS) is 11.1. The summed E-state index contributed by atoms with van der Waals surface area (Å²) in [5.74, 6) is 2.02. The smallest absolute Gasteiger partial charge is 0.163 e. The molecule has 184 valence electrons. The molecule has 0 aliphatic rings. The summed E-state index contributed by atoms with van der Waals surface area (Å²) in [6.07, 6.45) is 2.46. The first-order valence-corrected chi connectivity index (χ1v) is 12.3. The number of aliphatic imine (C=N–C) groups is 1. The Bertz CT molecular complexity index is 1530. The Hall–Kier alpha value is -4.35. The van der Waals surface area contributed by atoms with Crippen molar-refractivity contribution in [3.8, 4) is 28.3 Å². The van der Waals surface area contributed by atoms with Crippen LogP contribution in [0, 0.1) is 0 Å². The number of hydrogen-bond acceptors (Lipinski definition) is 4. The summed E-state index contributed by atoms with van der Waals surface area (Å²) in [6, 6.07) is 33.8. The molecular formula is C31H26ClN3O2. The zero-order valence-electron chi connectivity index (χ0n) is 20.6. The van der Waals surface area contributed by atoms with Crippen LogP contribution in [0.4, 0.5) is 5.82 Å². The van der Waals surface area contributed by atoms with E-state index in [1.54, 1.807) is 14.2 Å². The van der Waals surface area contributed by atoms with Gasteiger partial charge in [0, 0.05) is 17.7 Å². The minimum absolute atomic E-state index is 0.642. The first-order chi connectivity index (χ1) is 18.2. The highest BCUT2D eigenvalue weighted by Crippen LogP contribution is 2.40. The average Bonchev–Trinajstić information content (AvgIpc) is 3.30. The van der Waals surface area contributed by atoms with Gasteiger partial charge in [0.15, 0.2) is 17.3 Å². The summed E-state index contributed by atoms with van der Waals surface area (Å²) in [6.45, 7) is 0. The SMILES string of the molecule is COc1ccc(-c2c(Cc3ccccc3)nn(-c3ccccc3)c2/N=C/c2cccc(Cl)c2)cc1OC. The van der Waals surface area contributed by atoms with Gasteiger partial charge in [-0.1, -0.05) is 78.3 Å². The molecule has 0 bridgehead atoms. The molecule has 0 aliphatic heterocycles. The molecule has 0 fully saturated rings. The van der Waals surface area contributed by atoms with Gasteiger partial charge < -0.3 is 9.47 Å². The summed E-state index contributed by atoms with van der Waals surface area (Å²) in [5, 5.41) is 5.74. The maximum atomic E-state index is 6.23. The highest BCUT2D eigenvalue weighted by molar-refractivity contribution is 6.30. The van der Waals surface area contributed by atoms with Gasteiger partial charge in [0.25, 0.3) is 0 Å². The van der Waals surface area contributed by atoms with Gasteiger partial charge in [-0.2, -0.15) is 5.10 Å². The van der Waals surface area contributed by atoms with Crippen molar-refractivity contribution in [1.82, 2.24) is 9.78 Å². The quantitative estimate of drug-likeness (QED) is 0.204. The molecule has 0 saturated heterocycles. The molecule has 5 aromatic rings.